The van der Waals surface area contributed by atoms with Crippen molar-refractivity contribution in [1.82, 2.24) is 20.4 Å². The van der Waals surface area contributed by atoms with Gasteiger partial charge in [0, 0.05) is 37.2 Å². The van der Waals surface area contributed by atoms with Crippen LogP contribution in [0.1, 0.15) is 72.1 Å². The topological polar surface area (TPSA) is 71.3 Å². The second-order valence-electron chi connectivity index (χ2n) is 7.66. The van der Waals surface area contributed by atoms with E-state index in [0.29, 0.717) is 17.5 Å². The Labute approximate surface area is 146 Å². The summed E-state index contributed by atoms with van der Waals surface area (Å²) in [5.74, 6) is 0.922. The van der Waals surface area contributed by atoms with Crippen LogP contribution in [0, 0.1) is 0 Å². The summed E-state index contributed by atoms with van der Waals surface area (Å²) < 4.78 is 5.60. The lowest BCUT2D eigenvalue weighted by Gasteiger charge is -2.27. The maximum Gasteiger partial charge on any atom is 0.259 e. The molecular weight excluding hydrogens is 316 g/mol. The lowest BCUT2D eigenvalue weighted by atomic mass is 9.97. The molecule has 25 heavy (non-hydrogen) atoms. The number of hydrogen-bond donors (Lipinski definition) is 1. The predicted molar refractivity (Wildman–Crippen MR) is 93.8 cm³/mol. The van der Waals surface area contributed by atoms with Gasteiger partial charge in [-0.05, 0) is 51.1 Å². The summed E-state index contributed by atoms with van der Waals surface area (Å²) in [4.78, 5) is 20.0. The summed E-state index contributed by atoms with van der Waals surface area (Å²) in [6.07, 6.45) is 6.75. The molecule has 0 spiro atoms. The number of nitrogens with one attached hydrogen (secondary N) is 1. The summed E-state index contributed by atoms with van der Waals surface area (Å²) in [7, 11) is 0. The molecular formula is C19H24N4O2. The second kappa shape index (κ2) is 6.09. The van der Waals surface area contributed by atoms with Crippen molar-refractivity contribution < 1.29 is 9.32 Å². The first kappa shape index (κ1) is 15.3. The summed E-state index contributed by atoms with van der Waals surface area (Å²) in [5, 5.41) is 8.57. The molecule has 6 heteroatoms. The molecule has 1 atom stereocenters. The molecule has 1 N–H and O–H groups in total. The molecule has 1 unspecified atom stereocenters. The molecule has 1 amide bonds. The highest BCUT2D eigenvalue weighted by atomic mass is 16.5. The van der Waals surface area contributed by atoms with E-state index in [0.717, 1.165) is 80.6 Å². The van der Waals surface area contributed by atoms with Crippen molar-refractivity contribution in [2.75, 3.05) is 26.2 Å². The van der Waals surface area contributed by atoms with Crippen molar-refractivity contribution in [2.24, 2.45) is 0 Å². The van der Waals surface area contributed by atoms with Gasteiger partial charge in [-0.3, -0.25) is 4.79 Å². The van der Waals surface area contributed by atoms with Crippen LogP contribution in [0.5, 0.6) is 0 Å². The Balaban J connectivity index is 1.62. The maximum atomic E-state index is 13.3. The van der Waals surface area contributed by atoms with Crippen molar-refractivity contribution in [3.8, 4) is 0 Å². The molecule has 132 valence electrons. The molecule has 2 aromatic heterocycles. The first-order valence-electron chi connectivity index (χ1n) is 9.61. The van der Waals surface area contributed by atoms with Gasteiger partial charge in [0.25, 0.3) is 11.6 Å². The smallest absolute Gasteiger partial charge is 0.259 e. The molecule has 2 saturated heterocycles. The van der Waals surface area contributed by atoms with E-state index >= 15 is 0 Å². The standard InChI is InChI=1S/C19H24N4O2/c24-19(23-8-2-1-3-9-23)14-10-15(12-4-5-12)21-18-16(14)17(22-25-18)13-6-7-20-11-13/h10,12-13,20H,1-9,11H2. The minimum atomic E-state index is 0.129. The van der Waals surface area contributed by atoms with Crippen LogP contribution in [0.2, 0.25) is 0 Å². The largest absolute Gasteiger partial charge is 0.339 e. The summed E-state index contributed by atoms with van der Waals surface area (Å²) in [6.45, 7) is 3.59. The molecule has 0 bridgehead atoms. The van der Waals surface area contributed by atoms with Gasteiger partial charge in [0.15, 0.2) is 0 Å². The normalized spacial score (nSPS) is 24.2. The van der Waals surface area contributed by atoms with Crippen LogP contribution < -0.4 is 5.32 Å². The SMILES string of the molecule is O=C(c1cc(C2CC2)nc2onc(C3CCNC3)c12)N1CCCCC1. The fourth-order valence-corrected chi connectivity index (χ4v) is 4.18. The number of carbonyl (C=O) groups is 1. The Hall–Kier alpha value is -1.95. The van der Waals surface area contributed by atoms with E-state index in [2.05, 4.69) is 10.5 Å². The molecule has 1 aliphatic carbocycles. The average molecular weight is 340 g/mol. The van der Waals surface area contributed by atoms with Gasteiger partial charge >= 0.3 is 0 Å². The quantitative estimate of drug-likeness (QED) is 0.930. The van der Waals surface area contributed by atoms with Crippen molar-refractivity contribution in [3.05, 3.63) is 23.0 Å². The maximum absolute atomic E-state index is 13.3. The number of carbonyl (C=O) groups excluding carboxylic acids is 1. The lowest BCUT2D eigenvalue weighted by Crippen LogP contribution is -2.35. The highest BCUT2D eigenvalue weighted by Crippen LogP contribution is 2.41. The third-order valence-electron chi connectivity index (χ3n) is 5.81. The van der Waals surface area contributed by atoms with Gasteiger partial charge in [-0.15, -0.1) is 0 Å². The van der Waals surface area contributed by atoms with Crippen LogP contribution in [-0.4, -0.2) is 47.1 Å². The fraction of sp³-hybridized carbons (Fsp3) is 0.632. The molecule has 0 radical (unpaired) electrons. The summed E-state index contributed by atoms with van der Waals surface area (Å²) in [5.41, 5.74) is 3.22. The third kappa shape index (κ3) is 2.72. The van der Waals surface area contributed by atoms with Gasteiger partial charge in [-0.25, -0.2) is 4.98 Å². The van der Waals surface area contributed by atoms with E-state index in [9.17, 15) is 4.79 Å². The van der Waals surface area contributed by atoms with Gasteiger partial charge in [0.2, 0.25) is 0 Å². The second-order valence-corrected chi connectivity index (χ2v) is 7.66. The van der Waals surface area contributed by atoms with Crippen LogP contribution >= 0.6 is 0 Å². The van der Waals surface area contributed by atoms with Crippen LogP contribution in [0.15, 0.2) is 10.6 Å². The van der Waals surface area contributed by atoms with Gasteiger partial charge in [0.05, 0.1) is 16.6 Å². The van der Waals surface area contributed by atoms with Gasteiger partial charge in [-0.1, -0.05) is 5.16 Å². The number of likely N-dealkylation sites (tertiary alicyclic amines) is 1. The zero-order valence-electron chi connectivity index (χ0n) is 14.5. The van der Waals surface area contributed by atoms with Crippen molar-refractivity contribution in [3.63, 3.8) is 0 Å². The number of pyridine rings is 1. The van der Waals surface area contributed by atoms with Crippen molar-refractivity contribution in [1.29, 1.82) is 0 Å². The van der Waals surface area contributed by atoms with Crippen LogP contribution in [-0.2, 0) is 0 Å². The van der Waals surface area contributed by atoms with E-state index in [1.807, 2.05) is 11.0 Å². The minimum absolute atomic E-state index is 0.129. The lowest BCUT2D eigenvalue weighted by molar-refractivity contribution is 0.0726. The molecule has 1 saturated carbocycles. The van der Waals surface area contributed by atoms with E-state index < -0.39 is 0 Å². The zero-order chi connectivity index (χ0) is 16.8. The Morgan fingerprint density at radius 3 is 2.72 bits per heavy atom. The Bertz CT molecular complexity index is 799. The average Bonchev–Trinajstić information content (AvgIpc) is 3.20. The van der Waals surface area contributed by atoms with Crippen molar-refractivity contribution in [2.45, 2.75) is 50.4 Å². The molecule has 5 rings (SSSR count). The minimum Gasteiger partial charge on any atom is -0.339 e. The van der Waals surface area contributed by atoms with E-state index in [1.54, 1.807) is 0 Å². The highest BCUT2D eigenvalue weighted by molar-refractivity contribution is 6.06. The number of piperidine rings is 1. The highest BCUT2D eigenvalue weighted by Gasteiger charge is 2.32. The molecule has 4 heterocycles. The van der Waals surface area contributed by atoms with Crippen LogP contribution in [0.4, 0.5) is 0 Å². The number of hydrogen-bond acceptors (Lipinski definition) is 5. The molecule has 6 nitrogen and oxygen atoms in total. The predicted octanol–water partition coefficient (Wildman–Crippen LogP) is 2.80. The molecule has 3 aliphatic rings. The Morgan fingerprint density at radius 1 is 1.16 bits per heavy atom. The Kier molecular flexibility index (Phi) is 3.73. The number of nitrogens with zero attached hydrogens (tertiary/aromatic N) is 3. The molecule has 0 aromatic carbocycles. The third-order valence-corrected chi connectivity index (χ3v) is 5.81. The monoisotopic (exact) mass is 340 g/mol. The van der Waals surface area contributed by atoms with E-state index in [4.69, 9.17) is 9.51 Å². The summed E-state index contributed by atoms with van der Waals surface area (Å²) >= 11 is 0. The van der Waals surface area contributed by atoms with Crippen LogP contribution in [0.25, 0.3) is 11.1 Å². The summed E-state index contributed by atoms with van der Waals surface area (Å²) in [6, 6.07) is 2.03. The molecule has 2 aliphatic heterocycles. The van der Waals surface area contributed by atoms with Gasteiger partial charge in [0.1, 0.15) is 0 Å². The van der Waals surface area contributed by atoms with E-state index in [1.165, 1.54) is 6.42 Å². The van der Waals surface area contributed by atoms with Crippen LogP contribution in [0.3, 0.4) is 0 Å². The molecule has 3 fully saturated rings. The number of rotatable bonds is 3. The van der Waals surface area contributed by atoms with Gasteiger partial charge < -0.3 is 14.7 Å². The zero-order valence-corrected chi connectivity index (χ0v) is 14.5. The number of fused-ring (bicyclic) bond motifs is 1. The fourth-order valence-electron chi connectivity index (χ4n) is 4.18. The van der Waals surface area contributed by atoms with Crippen molar-refractivity contribution >= 4 is 17.0 Å². The first-order chi connectivity index (χ1) is 12.3. The van der Waals surface area contributed by atoms with E-state index in [-0.39, 0.29) is 5.91 Å². The number of amides is 1. The first-order valence-corrected chi connectivity index (χ1v) is 9.61. The van der Waals surface area contributed by atoms with Gasteiger partial charge in [-0.2, -0.15) is 0 Å². The molecule has 2 aromatic rings. The Morgan fingerprint density at radius 2 is 2.00 bits per heavy atom. The number of aromatic nitrogens is 2.